The van der Waals surface area contributed by atoms with Gasteiger partial charge in [0.25, 0.3) is 0 Å². The summed E-state index contributed by atoms with van der Waals surface area (Å²) in [5.41, 5.74) is 1.90. The van der Waals surface area contributed by atoms with Crippen molar-refractivity contribution in [3.05, 3.63) is 42.0 Å². The van der Waals surface area contributed by atoms with Crippen molar-refractivity contribution in [3.8, 4) is 11.5 Å². The lowest BCUT2D eigenvalue weighted by Gasteiger charge is -2.32. The molecule has 1 saturated carbocycles. The molecular formula is C20H25N3O3. The Balaban J connectivity index is 1.49. The molecule has 4 rings (SSSR count). The van der Waals surface area contributed by atoms with Crippen LogP contribution in [-0.2, 0) is 23.8 Å². The van der Waals surface area contributed by atoms with Crippen molar-refractivity contribution in [2.75, 3.05) is 13.2 Å². The highest BCUT2D eigenvalue weighted by Gasteiger charge is 2.37. The Morgan fingerprint density at radius 2 is 2.00 bits per heavy atom. The van der Waals surface area contributed by atoms with Gasteiger partial charge in [-0.3, -0.25) is 4.79 Å². The van der Waals surface area contributed by atoms with Crippen LogP contribution in [0.1, 0.15) is 43.4 Å². The molecule has 1 aromatic carbocycles. The van der Waals surface area contributed by atoms with E-state index in [2.05, 4.69) is 16.4 Å². The highest BCUT2D eigenvalue weighted by molar-refractivity contribution is 5.77. The molecule has 0 radical (unpaired) electrons. The first-order valence-corrected chi connectivity index (χ1v) is 9.33. The van der Waals surface area contributed by atoms with Gasteiger partial charge in [0, 0.05) is 25.4 Å². The highest BCUT2D eigenvalue weighted by atomic mass is 16.6. The number of aromatic nitrogens is 2. The molecule has 0 bridgehead atoms. The van der Waals surface area contributed by atoms with Crippen LogP contribution >= 0.6 is 0 Å². The Morgan fingerprint density at radius 1 is 1.23 bits per heavy atom. The Hall–Kier alpha value is -2.50. The van der Waals surface area contributed by atoms with E-state index >= 15 is 0 Å². The molecule has 2 aromatic rings. The second kappa shape index (κ2) is 7.02. The number of rotatable bonds is 5. The second-order valence-electron chi connectivity index (χ2n) is 7.19. The molecule has 1 aliphatic heterocycles. The molecule has 138 valence electrons. The van der Waals surface area contributed by atoms with Crippen molar-refractivity contribution in [3.63, 3.8) is 0 Å². The summed E-state index contributed by atoms with van der Waals surface area (Å²) in [4.78, 5) is 16.8. The van der Waals surface area contributed by atoms with Gasteiger partial charge < -0.3 is 19.4 Å². The van der Waals surface area contributed by atoms with Crippen LogP contribution < -0.4 is 14.8 Å². The molecule has 0 unspecified atom stereocenters. The largest absolute Gasteiger partial charge is 0.486 e. The van der Waals surface area contributed by atoms with E-state index in [0.29, 0.717) is 26.1 Å². The smallest absolute Gasteiger partial charge is 0.221 e. The molecule has 0 atom stereocenters. The maximum absolute atomic E-state index is 12.7. The van der Waals surface area contributed by atoms with E-state index in [0.717, 1.165) is 48.4 Å². The number of nitrogens with zero attached hydrogens (tertiary/aromatic N) is 2. The molecular weight excluding hydrogens is 330 g/mol. The Kier molecular flexibility index (Phi) is 4.57. The average Bonchev–Trinajstić information content (AvgIpc) is 3.29. The third-order valence-corrected chi connectivity index (χ3v) is 5.46. The van der Waals surface area contributed by atoms with Gasteiger partial charge in [0.15, 0.2) is 11.5 Å². The molecule has 1 amide bonds. The van der Waals surface area contributed by atoms with E-state index in [1.54, 1.807) is 6.33 Å². The van der Waals surface area contributed by atoms with Gasteiger partial charge in [-0.25, -0.2) is 4.98 Å². The number of hydrogen-bond acceptors (Lipinski definition) is 4. The van der Waals surface area contributed by atoms with Crippen molar-refractivity contribution in [1.82, 2.24) is 14.9 Å². The molecule has 1 aliphatic carbocycles. The number of carbonyl (C=O) groups is 1. The van der Waals surface area contributed by atoms with Crippen molar-refractivity contribution in [2.24, 2.45) is 7.05 Å². The third-order valence-electron chi connectivity index (χ3n) is 5.46. The van der Waals surface area contributed by atoms with E-state index < -0.39 is 0 Å². The molecule has 6 nitrogen and oxygen atoms in total. The van der Waals surface area contributed by atoms with Gasteiger partial charge in [-0.05, 0) is 37.0 Å². The summed E-state index contributed by atoms with van der Waals surface area (Å²) in [6, 6.07) is 6.08. The maximum Gasteiger partial charge on any atom is 0.221 e. The van der Waals surface area contributed by atoms with Gasteiger partial charge in [-0.15, -0.1) is 0 Å². The molecule has 2 heterocycles. The molecule has 0 spiro atoms. The molecule has 1 N–H and O–H groups in total. The van der Waals surface area contributed by atoms with Crippen LogP contribution in [0.5, 0.6) is 11.5 Å². The van der Waals surface area contributed by atoms with Crippen molar-refractivity contribution in [2.45, 2.75) is 44.1 Å². The predicted octanol–water partition coefficient (Wildman–Crippen LogP) is 2.71. The third kappa shape index (κ3) is 3.28. The summed E-state index contributed by atoms with van der Waals surface area (Å²) < 4.78 is 13.3. The maximum atomic E-state index is 12.7. The molecule has 1 aromatic heterocycles. The molecule has 26 heavy (non-hydrogen) atoms. The Morgan fingerprint density at radius 3 is 2.73 bits per heavy atom. The van der Waals surface area contributed by atoms with Crippen LogP contribution in [0, 0.1) is 0 Å². The molecule has 0 saturated heterocycles. The van der Waals surface area contributed by atoms with E-state index in [4.69, 9.17) is 9.47 Å². The van der Waals surface area contributed by atoms with Gasteiger partial charge in [0.2, 0.25) is 5.91 Å². The summed E-state index contributed by atoms with van der Waals surface area (Å²) in [6.45, 7) is 1.16. The summed E-state index contributed by atoms with van der Waals surface area (Å²) in [6.07, 6.45) is 8.91. The summed E-state index contributed by atoms with van der Waals surface area (Å²) in [5.74, 6) is 1.66. The van der Waals surface area contributed by atoms with Gasteiger partial charge in [-0.1, -0.05) is 18.9 Å². The quantitative estimate of drug-likeness (QED) is 0.896. The summed E-state index contributed by atoms with van der Waals surface area (Å²) in [5, 5.41) is 3.33. The monoisotopic (exact) mass is 355 g/mol. The summed E-state index contributed by atoms with van der Waals surface area (Å²) >= 11 is 0. The number of hydrogen-bond donors (Lipinski definition) is 1. The fraction of sp³-hybridized carbons (Fsp3) is 0.500. The van der Waals surface area contributed by atoms with Gasteiger partial charge >= 0.3 is 0 Å². The first-order chi connectivity index (χ1) is 12.7. The van der Waals surface area contributed by atoms with Crippen LogP contribution in [0.2, 0.25) is 0 Å². The number of amides is 1. The van der Waals surface area contributed by atoms with Crippen LogP contribution in [0.25, 0.3) is 0 Å². The van der Waals surface area contributed by atoms with Gasteiger partial charge in [0.1, 0.15) is 13.2 Å². The minimum atomic E-state index is -0.292. The lowest BCUT2D eigenvalue weighted by atomic mass is 9.87. The zero-order valence-corrected chi connectivity index (χ0v) is 15.2. The van der Waals surface area contributed by atoms with Gasteiger partial charge in [-0.2, -0.15) is 0 Å². The predicted molar refractivity (Wildman–Crippen MR) is 97.2 cm³/mol. The van der Waals surface area contributed by atoms with E-state index in [-0.39, 0.29) is 11.4 Å². The van der Waals surface area contributed by atoms with Crippen molar-refractivity contribution in [1.29, 1.82) is 0 Å². The van der Waals surface area contributed by atoms with Crippen LogP contribution in [0.3, 0.4) is 0 Å². The zero-order valence-electron chi connectivity index (χ0n) is 15.2. The SMILES string of the molecule is Cn1cncc1CCC(=O)NC1(c2ccc3c(c2)OCCO3)CCCC1. The average molecular weight is 355 g/mol. The fourth-order valence-electron chi connectivity index (χ4n) is 4.00. The zero-order chi connectivity index (χ0) is 18.0. The number of ether oxygens (including phenoxy) is 2. The first-order valence-electron chi connectivity index (χ1n) is 9.33. The van der Waals surface area contributed by atoms with Crippen LogP contribution in [-0.4, -0.2) is 28.7 Å². The fourth-order valence-corrected chi connectivity index (χ4v) is 4.00. The van der Waals surface area contributed by atoms with E-state index in [1.165, 1.54) is 0 Å². The lowest BCUT2D eigenvalue weighted by molar-refractivity contribution is -0.123. The Labute approximate surface area is 153 Å². The Bertz CT molecular complexity index is 793. The van der Waals surface area contributed by atoms with Crippen LogP contribution in [0.15, 0.2) is 30.7 Å². The number of imidazole rings is 1. The minimum absolute atomic E-state index is 0.0861. The molecule has 2 aliphatic rings. The molecule has 1 fully saturated rings. The number of benzene rings is 1. The lowest BCUT2D eigenvalue weighted by Crippen LogP contribution is -2.44. The molecule has 6 heteroatoms. The number of fused-ring (bicyclic) bond motifs is 1. The van der Waals surface area contributed by atoms with Crippen LogP contribution in [0.4, 0.5) is 0 Å². The number of carbonyl (C=O) groups excluding carboxylic acids is 1. The highest BCUT2D eigenvalue weighted by Crippen LogP contribution is 2.42. The topological polar surface area (TPSA) is 65.4 Å². The minimum Gasteiger partial charge on any atom is -0.486 e. The number of aryl methyl sites for hydroxylation is 2. The number of nitrogens with one attached hydrogen (secondary N) is 1. The van der Waals surface area contributed by atoms with Crippen molar-refractivity contribution >= 4 is 5.91 Å². The first kappa shape index (κ1) is 16.9. The summed E-state index contributed by atoms with van der Waals surface area (Å²) in [7, 11) is 1.95. The van der Waals surface area contributed by atoms with Gasteiger partial charge in [0.05, 0.1) is 11.9 Å². The standard InChI is InChI=1S/C20H25N3O3/c1-23-14-21-13-16(23)5-7-19(24)22-20(8-2-3-9-20)15-4-6-17-18(12-15)26-11-10-25-17/h4,6,12-14H,2-3,5,7-11H2,1H3,(H,22,24). The normalized spacial score (nSPS) is 17.9. The second-order valence-corrected chi connectivity index (χ2v) is 7.19. The van der Waals surface area contributed by atoms with E-state index in [1.807, 2.05) is 29.9 Å². The van der Waals surface area contributed by atoms with Crippen molar-refractivity contribution < 1.29 is 14.3 Å². The van der Waals surface area contributed by atoms with E-state index in [9.17, 15) is 4.79 Å².